The Morgan fingerprint density at radius 1 is 1.15 bits per heavy atom. The van der Waals surface area contributed by atoms with Crippen LogP contribution in [0.4, 0.5) is 13.2 Å². The smallest absolute Gasteiger partial charge is 0.352 e. The van der Waals surface area contributed by atoms with Gasteiger partial charge in [-0.05, 0) is 36.8 Å². The number of pyridine rings is 1. The third-order valence-electron chi connectivity index (χ3n) is 3.74. The van der Waals surface area contributed by atoms with E-state index in [4.69, 9.17) is 12.2 Å². The van der Waals surface area contributed by atoms with Crippen LogP contribution in [0.5, 0.6) is 0 Å². The highest BCUT2D eigenvalue weighted by molar-refractivity contribution is 7.98. The van der Waals surface area contributed by atoms with Crippen molar-refractivity contribution in [2.45, 2.75) is 30.6 Å². The number of H-pyrrole nitrogens is 1. The zero-order valence-electron chi connectivity index (χ0n) is 13.7. The van der Waals surface area contributed by atoms with Crippen molar-refractivity contribution in [3.05, 3.63) is 58.4 Å². The third kappa shape index (κ3) is 3.99. The quantitative estimate of drug-likeness (QED) is 0.467. The van der Waals surface area contributed by atoms with E-state index in [0.717, 1.165) is 23.3 Å². The van der Waals surface area contributed by atoms with Gasteiger partial charge in [0.25, 0.3) is 0 Å². The minimum absolute atomic E-state index is 0.498. The number of nitrogens with one attached hydrogen (secondary N) is 1. The SMILES string of the molecule is CCn1c(SCc2ccc(C(F)(F)F)cc2)nnc1-c1ccc[nH]c1=S. The first-order valence-electron chi connectivity index (χ1n) is 7.80. The Balaban J connectivity index is 1.79. The molecular formula is C17H15F3N4S2. The van der Waals surface area contributed by atoms with Crippen molar-refractivity contribution in [3.63, 3.8) is 0 Å². The van der Waals surface area contributed by atoms with Crippen LogP contribution in [-0.4, -0.2) is 19.7 Å². The van der Waals surface area contributed by atoms with Crippen LogP contribution >= 0.6 is 24.0 Å². The van der Waals surface area contributed by atoms with Crippen LogP contribution < -0.4 is 0 Å². The molecular weight excluding hydrogens is 381 g/mol. The van der Waals surface area contributed by atoms with Gasteiger partial charge in [0.15, 0.2) is 11.0 Å². The maximum absolute atomic E-state index is 12.6. The number of aromatic nitrogens is 4. The number of alkyl halides is 3. The van der Waals surface area contributed by atoms with Gasteiger partial charge in [-0.3, -0.25) is 0 Å². The molecule has 0 aliphatic rings. The molecule has 0 bridgehead atoms. The van der Waals surface area contributed by atoms with E-state index in [2.05, 4.69) is 15.2 Å². The second kappa shape index (κ2) is 7.63. The normalized spacial score (nSPS) is 11.7. The predicted octanol–water partition coefficient (Wildman–Crippen LogP) is 5.33. The summed E-state index contributed by atoms with van der Waals surface area (Å²) in [6, 6.07) is 8.87. The molecule has 3 aromatic rings. The van der Waals surface area contributed by atoms with Crippen molar-refractivity contribution in [1.29, 1.82) is 0 Å². The van der Waals surface area contributed by atoms with Crippen molar-refractivity contribution in [1.82, 2.24) is 19.7 Å². The lowest BCUT2D eigenvalue weighted by atomic mass is 10.1. The van der Waals surface area contributed by atoms with Crippen LogP contribution in [0.25, 0.3) is 11.4 Å². The predicted molar refractivity (Wildman–Crippen MR) is 97.3 cm³/mol. The van der Waals surface area contributed by atoms with E-state index in [1.807, 2.05) is 23.6 Å². The highest BCUT2D eigenvalue weighted by Gasteiger charge is 2.29. The molecule has 0 saturated heterocycles. The molecule has 136 valence electrons. The van der Waals surface area contributed by atoms with Gasteiger partial charge in [0, 0.05) is 18.5 Å². The standard InChI is InChI=1S/C17H15F3N4S2/c1-2-24-14(13-4-3-9-21-15(13)25)22-23-16(24)26-10-11-5-7-12(8-6-11)17(18,19)20/h3-9H,2,10H2,1H3,(H,21,25). The summed E-state index contributed by atoms with van der Waals surface area (Å²) < 4.78 is 40.4. The maximum atomic E-state index is 12.6. The van der Waals surface area contributed by atoms with Crippen LogP contribution in [0.15, 0.2) is 47.8 Å². The Hall–Kier alpha value is -2.13. The van der Waals surface area contributed by atoms with Gasteiger partial charge in [0.05, 0.1) is 11.1 Å². The summed E-state index contributed by atoms with van der Waals surface area (Å²) in [6.07, 6.45) is -2.57. The Morgan fingerprint density at radius 3 is 2.50 bits per heavy atom. The molecule has 1 N–H and O–H groups in total. The fraction of sp³-hybridized carbons (Fsp3) is 0.235. The average Bonchev–Trinajstić information content (AvgIpc) is 3.02. The van der Waals surface area contributed by atoms with E-state index in [-0.39, 0.29) is 0 Å². The van der Waals surface area contributed by atoms with Gasteiger partial charge in [0.2, 0.25) is 0 Å². The van der Waals surface area contributed by atoms with E-state index >= 15 is 0 Å². The molecule has 0 spiro atoms. The topological polar surface area (TPSA) is 46.5 Å². The number of benzene rings is 1. The van der Waals surface area contributed by atoms with E-state index in [9.17, 15) is 13.2 Å². The summed E-state index contributed by atoms with van der Waals surface area (Å²) in [6.45, 7) is 2.63. The zero-order chi connectivity index (χ0) is 18.7. The van der Waals surface area contributed by atoms with E-state index < -0.39 is 11.7 Å². The second-order valence-electron chi connectivity index (χ2n) is 5.45. The molecule has 0 aliphatic heterocycles. The highest BCUT2D eigenvalue weighted by atomic mass is 32.2. The van der Waals surface area contributed by atoms with Gasteiger partial charge in [-0.1, -0.05) is 36.1 Å². The Morgan fingerprint density at radius 2 is 1.88 bits per heavy atom. The van der Waals surface area contributed by atoms with Crippen LogP contribution in [0.2, 0.25) is 0 Å². The molecule has 0 radical (unpaired) electrons. The fourth-order valence-electron chi connectivity index (χ4n) is 2.42. The molecule has 0 amide bonds. The molecule has 3 rings (SSSR count). The summed E-state index contributed by atoms with van der Waals surface area (Å²) in [5.41, 5.74) is 0.925. The molecule has 9 heteroatoms. The molecule has 0 fully saturated rings. The first kappa shape index (κ1) is 18.7. The molecule has 0 saturated carbocycles. The number of halogens is 3. The van der Waals surface area contributed by atoms with Gasteiger partial charge in [-0.2, -0.15) is 13.2 Å². The molecule has 4 nitrogen and oxygen atoms in total. The Kier molecular flexibility index (Phi) is 5.47. The summed E-state index contributed by atoms with van der Waals surface area (Å²) in [4.78, 5) is 2.97. The van der Waals surface area contributed by atoms with E-state index in [1.165, 1.54) is 23.9 Å². The lowest BCUT2D eigenvalue weighted by Gasteiger charge is -2.09. The summed E-state index contributed by atoms with van der Waals surface area (Å²) >= 11 is 6.72. The van der Waals surface area contributed by atoms with Crippen LogP contribution in [-0.2, 0) is 18.5 Å². The number of hydrogen-bond donors (Lipinski definition) is 1. The summed E-state index contributed by atoms with van der Waals surface area (Å²) in [5, 5.41) is 9.14. The number of hydrogen-bond acceptors (Lipinski definition) is 4. The maximum Gasteiger partial charge on any atom is 0.416 e. The zero-order valence-corrected chi connectivity index (χ0v) is 15.4. The van der Waals surface area contributed by atoms with Gasteiger partial charge >= 0.3 is 6.18 Å². The largest absolute Gasteiger partial charge is 0.416 e. The number of nitrogens with zero attached hydrogens (tertiary/aromatic N) is 3. The van der Waals surface area contributed by atoms with Gasteiger partial charge in [-0.25, -0.2) is 0 Å². The van der Waals surface area contributed by atoms with Crippen molar-refractivity contribution < 1.29 is 13.2 Å². The average molecular weight is 396 g/mol. The molecule has 1 aromatic carbocycles. The molecule has 0 aliphatic carbocycles. The lowest BCUT2D eigenvalue weighted by molar-refractivity contribution is -0.137. The number of aromatic amines is 1. The highest BCUT2D eigenvalue weighted by Crippen LogP contribution is 2.31. The minimum atomic E-state index is -4.32. The molecule has 0 unspecified atom stereocenters. The first-order chi connectivity index (χ1) is 12.4. The Labute approximate surface area is 157 Å². The summed E-state index contributed by atoms with van der Waals surface area (Å²) in [5.74, 6) is 1.17. The second-order valence-corrected chi connectivity index (χ2v) is 6.80. The number of thioether (sulfide) groups is 1. The van der Waals surface area contributed by atoms with Gasteiger partial charge in [0.1, 0.15) is 4.64 Å². The van der Waals surface area contributed by atoms with Crippen molar-refractivity contribution in [2.24, 2.45) is 0 Å². The fourth-order valence-corrected chi connectivity index (χ4v) is 3.60. The van der Waals surface area contributed by atoms with E-state index in [1.54, 1.807) is 6.20 Å². The van der Waals surface area contributed by atoms with E-state index in [0.29, 0.717) is 27.9 Å². The lowest BCUT2D eigenvalue weighted by Crippen LogP contribution is -2.04. The molecule has 2 heterocycles. The number of rotatable bonds is 5. The minimum Gasteiger partial charge on any atom is -0.352 e. The van der Waals surface area contributed by atoms with Gasteiger partial charge < -0.3 is 9.55 Å². The monoisotopic (exact) mass is 396 g/mol. The Bertz CT molecular complexity index is 946. The first-order valence-corrected chi connectivity index (χ1v) is 9.19. The molecule has 2 aromatic heterocycles. The van der Waals surface area contributed by atoms with Gasteiger partial charge in [-0.15, -0.1) is 10.2 Å². The van der Waals surface area contributed by atoms with Crippen molar-refractivity contribution >= 4 is 24.0 Å². The third-order valence-corrected chi connectivity index (χ3v) is 5.12. The molecule has 26 heavy (non-hydrogen) atoms. The molecule has 0 atom stereocenters. The van der Waals surface area contributed by atoms with Crippen LogP contribution in [0.3, 0.4) is 0 Å². The van der Waals surface area contributed by atoms with Crippen molar-refractivity contribution in [2.75, 3.05) is 0 Å². The summed E-state index contributed by atoms with van der Waals surface area (Å²) in [7, 11) is 0. The van der Waals surface area contributed by atoms with Crippen LogP contribution in [0.1, 0.15) is 18.1 Å². The van der Waals surface area contributed by atoms with Crippen LogP contribution in [0, 0.1) is 4.64 Å². The van der Waals surface area contributed by atoms with Crippen molar-refractivity contribution in [3.8, 4) is 11.4 Å².